The van der Waals surface area contributed by atoms with Crippen molar-refractivity contribution < 1.29 is 22.7 Å². The van der Waals surface area contributed by atoms with Crippen LogP contribution in [0.5, 0.6) is 5.75 Å². The molecule has 1 N–H and O–H groups in total. The van der Waals surface area contributed by atoms with Crippen LogP contribution in [0.2, 0.25) is 5.02 Å². The van der Waals surface area contributed by atoms with Crippen molar-refractivity contribution in [2.75, 3.05) is 5.32 Å². The molecule has 2 aromatic rings. The fourth-order valence-corrected chi connectivity index (χ4v) is 2.45. The van der Waals surface area contributed by atoms with Gasteiger partial charge in [-0.15, -0.1) is 0 Å². The first-order valence-corrected chi connectivity index (χ1v) is 8.54. The minimum Gasteiger partial charge on any atom is -0.490 e. The number of carbonyl (C=O) groups excluding carboxylic acids is 1. The molecule has 0 spiro atoms. The van der Waals surface area contributed by atoms with Crippen molar-refractivity contribution >= 4 is 29.3 Å². The smallest absolute Gasteiger partial charge is 0.416 e. The second-order valence-electron chi connectivity index (χ2n) is 6.05. The Balaban J connectivity index is 2.32. The second-order valence-corrected chi connectivity index (χ2v) is 6.49. The summed E-state index contributed by atoms with van der Waals surface area (Å²) in [5.74, 6) is -0.434. The number of nitrogens with one attached hydrogen (secondary N) is 1. The lowest BCUT2D eigenvalue weighted by atomic mass is 10.1. The van der Waals surface area contributed by atoms with Gasteiger partial charge in [-0.1, -0.05) is 17.7 Å². The third-order valence-corrected chi connectivity index (χ3v) is 3.68. The average molecular weight is 409 g/mol. The summed E-state index contributed by atoms with van der Waals surface area (Å²) < 4.78 is 44.0. The summed E-state index contributed by atoms with van der Waals surface area (Å²) in [6.45, 7) is 3.63. The Morgan fingerprint density at radius 3 is 2.57 bits per heavy atom. The van der Waals surface area contributed by atoms with Crippen LogP contribution in [-0.2, 0) is 11.0 Å². The Morgan fingerprint density at radius 1 is 1.25 bits per heavy atom. The van der Waals surface area contributed by atoms with Gasteiger partial charge >= 0.3 is 6.18 Å². The summed E-state index contributed by atoms with van der Waals surface area (Å²) in [5, 5.41) is 12.0. The number of ether oxygens (including phenoxy) is 1. The Kier molecular flexibility index (Phi) is 6.71. The summed E-state index contributed by atoms with van der Waals surface area (Å²) >= 11 is 5.97. The maximum absolute atomic E-state index is 12.8. The van der Waals surface area contributed by atoms with E-state index in [1.54, 1.807) is 18.2 Å². The first kappa shape index (κ1) is 21.3. The third-order valence-electron chi connectivity index (χ3n) is 3.45. The lowest BCUT2D eigenvalue weighted by Gasteiger charge is -2.13. The fourth-order valence-electron chi connectivity index (χ4n) is 2.27. The lowest BCUT2D eigenvalue weighted by Crippen LogP contribution is -2.14. The first-order chi connectivity index (χ1) is 13.1. The highest BCUT2D eigenvalue weighted by atomic mass is 35.5. The number of amides is 1. The van der Waals surface area contributed by atoms with E-state index < -0.39 is 17.6 Å². The normalized spacial score (nSPS) is 11.9. The number of rotatable bonds is 5. The fraction of sp³-hybridized carbons (Fsp3) is 0.200. The minimum absolute atomic E-state index is 0.0780. The van der Waals surface area contributed by atoms with Crippen molar-refractivity contribution in [2.24, 2.45) is 0 Å². The molecule has 28 heavy (non-hydrogen) atoms. The molecule has 0 bridgehead atoms. The molecular formula is C20H16ClF3N2O2. The zero-order chi connectivity index (χ0) is 20.9. The van der Waals surface area contributed by atoms with Gasteiger partial charge in [-0.25, -0.2) is 0 Å². The molecule has 1 amide bonds. The molecule has 0 saturated carbocycles. The SMILES string of the molecule is CC(C)Oc1ccc(Cl)cc1/C=C(\C#N)C(=O)Nc1cccc(C(F)(F)F)c1. The summed E-state index contributed by atoms with van der Waals surface area (Å²) in [6, 6.07) is 10.6. The summed E-state index contributed by atoms with van der Waals surface area (Å²) in [5.41, 5.74) is -0.897. The van der Waals surface area contributed by atoms with Gasteiger partial charge < -0.3 is 10.1 Å². The monoisotopic (exact) mass is 408 g/mol. The topological polar surface area (TPSA) is 62.1 Å². The van der Waals surface area contributed by atoms with Crippen molar-refractivity contribution in [2.45, 2.75) is 26.1 Å². The van der Waals surface area contributed by atoms with Crippen molar-refractivity contribution in [1.82, 2.24) is 0 Å². The molecule has 0 radical (unpaired) electrons. The quantitative estimate of drug-likeness (QED) is 0.510. The Labute approximate surface area is 165 Å². The zero-order valence-electron chi connectivity index (χ0n) is 15.0. The highest BCUT2D eigenvalue weighted by molar-refractivity contribution is 6.30. The molecule has 0 fully saturated rings. The van der Waals surface area contributed by atoms with Gasteiger partial charge in [-0.3, -0.25) is 4.79 Å². The summed E-state index contributed by atoms with van der Waals surface area (Å²) in [6.07, 6.45) is -3.43. The third kappa shape index (κ3) is 5.76. The van der Waals surface area contributed by atoms with Crippen LogP contribution in [0.1, 0.15) is 25.0 Å². The first-order valence-electron chi connectivity index (χ1n) is 8.16. The molecule has 0 aliphatic rings. The van der Waals surface area contributed by atoms with E-state index >= 15 is 0 Å². The van der Waals surface area contributed by atoms with Crippen molar-refractivity contribution in [3.8, 4) is 11.8 Å². The summed E-state index contributed by atoms with van der Waals surface area (Å²) in [7, 11) is 0. The van der Waals surface area contributed by atoms with Gasteiger partial charge in [0.2, 0.25) is 0 Å². The van der Waals surface area contributed by atoms with E-state index in [2.05, 4.69) is 5.32 Å². The standard InChI is InChI=1S/C20H16ClF3N2O2/c1-12(2)28-18-7-6-16(21)9-13(18)8-14(11-25)19(27)26-17-5-3-4-15(10-17)20(22,23)24/h3-10,12H,1-2H3,(H,26,27)/b14-8+. The highest BCUT2D eigenvalue weighted by Crippen LogP contribution is 2.31. The lowest BCUT2D eigenvalue weighted by molar-refractivity contribution is -0.137. The molecule has 2 rings (SSSR count). The number of hydrogen-bond acceptors (Lipinski definition) is 3. The number of benzene rings is 2. The molecule has 2 aromatic carbocycles. The predicted octanol–water partition coefficient (Wildman–Crippen LogP) is 5.69. The van der Waals surface area contributed by atoms with Gasteiger partial charge in [0.05, 0.1) is 11.7 Å². The number of carbonyl (C=O) groups is 1. The maximum atomic E-state index is 12.8. The Bertz CT molecular complexity index is 947. The molecule has 0 saturated heterocycles. The maximum Gasteiger partial charge on any atom is 0.416 e. The molecule has 146 valence electrons. The molecule has 0 heterocycles. The van der Waals surface area contributed by atoms with E-state index in [1.165, 1.54) is 24.3 Å². The number of hydrogen-bond donors (Lipinski definition) is 1. The number of nitrogens with zero attached hydrogens (tertiary/aromatic N) is 1. The average Bonchev–Trinajstić information content (AvgIpc) is 2.60. The molecular weight excluding hydrogens is 393 g/mol. The van der Waals surface area contributed by atoms with Crippen molar-refractivity contribution in [3.63, 3.8) is 0 Å². The number of halogens is 4. The van der Waals surface area contributed by atoms with Crippen LogP contribution >= 0.6 is 11.6 Å². The molecule has 0 aliphatic carbocycles. The largest absolute Gasteiger partial charge is 0.490 e. The summed E-state index contributed by atoms with van der Waals surface area (Å²) in [4.78, 5) is 12.4. The number of anilines is 1. The van der Waals surface area contributed by atoms with Crippen LogP contribution in [0.25, 0.3) is 6.08 Å². The second kappa shape index (κ2) is 8.81. The van der Waals surface area contributed by atoms with E-state index in [9.17, 15) is 23.2 Å². The van der Waals surface area contributed by atoms with Crippen LogP contribution in [0.4, 0.5) is 18.9 Å². The van der Waals surface area contributed by atoms with Gasteiger partial charge in [0.25, 0.3) is 5.91 Å². The van der Waals surface area contributed by atoms with Crippen LogP contribution in [0.15, 0.2) is 48.0 Å². The van der Waals surface area contributed by atoms with Crippen LogP contribution in [0.3, 0.4) is 0 Å². The molecule has 0 atom stereocenters. The van der Waals surface area contributed by atoms with Gasteiger partial charge in [0.1, 0.15) is 17.4 Å². The van der Waals surface area contributed by atoms with Gasteiger partial charge in [-0.05, 0) is 56.3 Å². The van der Waals surface area contributed by atoms with Crippen LogP contribution < -0.4 is 10.1 Å². The molecule has 0 unspecified atom stereocenters. The Hall–Kier alpha value is -2.98. The number of alkyl halides is 3. The van der Waals surface area contributed by atoms with Crippen molar-refractivity contribution in [3.05, 3.63) is 64.2 Å². The predicted molar refractivity (Wildman–Crippen MR) is 101 cm³/mol. The molecule has 0 aromatic heterocycles. The molecule has 8 heteroatoms. The van der Waals surface area contributed by atoms with E-state index in [1.807, 2.05) is 13.8 Å². The number of nitriles is 1. The molecule has 4 nitrogen and oxygen atoms in total. The van der Waals surface area contributed by atoms with Crippen LogP contribution in [-0.4, -0.2) is 12.0 Å². The van der Waals surface area contributed by atoms with E-state index in [4.69, 9.17) is 16.3 Å². The highest BCUT2D eigenvalue weighted by Gasteiger charge is 2.30. The van der Waals surface area contributed by atoms with Gasteiger partial charge in [-0.2, -0.15) is 18.4 Å². The van der Waals surface area contributed by atoms with E-state index in [0.717, 1.165) is 12.1 Å². The Morgan fingerprint density at radius 2 is 1.96 bits per heavy atom. The van der Waals surface area contributed by atoms with E-state index in [-0.39, 0.29) is 17.4 Å². The minimum atomic E-state index is -4.54. The van der Waals surface area contributed by atoms with Crippen molar-refractivity contribution in [1.29, 1.82) is 5.26 Å². The molecule has 0 aliphatic heterocycles. The van der Waals surface area contributed by atoms with Gasteiger partial charge in [0.15, 0.2) is 0 Å². The van der Waals surface area contributed by atoms with E-state index in [0.29, 0.717) is 16.3 Å². The zero-order valence-corrected chi connectivity index (χ0v) is 15.7. The van der Waals surface area contributed by atoms with Gasteiger partial charge in [0, 0.05) is 16.3 Å². The van der Waals surface area contributed by atoms with Crippen LogP contribution in [0, 0.1) is 11.3 Å².